The molecule has 0 spiro atoms. The van der Waals surface area contributed by atoms with E-state index in [1.165, 1.54) is 15.6 Å². The molecular weight excluding hydrogens is 436 g/mol. The van der Waals surface area contributed by atoms with Crippen LogP contribution in [0.5, 0.6) is 0 Å². The number of hydrogen-bond donors (Lipinski definition) is 1. The first-order valence-electron chi connectivity index (χ1n) is 10.2. The van der Waals surface area contributed by atoms with E-state index in [0.717, 1.165) is 29.0 Å². The molecule has 0 saturated carbocycles. The van der Waals surface area contributed by atoms with Crippen molar-refractivity contribution in [3.63, 3.8) is 0 Å². The van der Waals surface area contributed by atoms with Crippen molar-refractivity contribution < 1.29 is 8.42 Å². The van der Waals surface area contributed by atoms with Crippen molar-refractivity contribution in [2.75, 3.05) is 13.6 Å². The highest BCUT2D eigenvalue weighted by molar-refractivity contribution is 7.91. The SMILES string of the molecule is CN(CCCn1c2c(c(=O)[nH]c1=O)CCCC2)S(=O)(=O)c1ccc(-c2ccncc2)s1. The van der Waals surface area contributed by atoms with Crippen LogP contribution in [0.4, 0.5) is 0 Å². The Hall–Kier alpha value is -2.56. The van der Waals surface area contributed by atoms with Gasteiger partial charge in [0.2, 0.25) is 0 Å². The van der Waals surface area contributed by atoms with E-state index in [2.05, 4.69) is 9.97 Å². The molecule has 0 amide bonds. The lowest BCUT2D eigenvalue weighted by atomic mass is 9.97. The number of pyridine rings is 1. The molecule has 0 unspecified atom stereocenters. The summed E-state index contributed by atoms with van der Waals surface area (Å²) in [5.41, 5.74) is 1.70. The molecule has 164 valence electrons. The van der Waals surface area contributed by atoms with Crippen molar-refractivity contribution in [1.29, 1.82) is 0 Å². The summed E-state index contributed by atoms with van der Waals surface area (Å²) in [7, 11) is -2.08. The normalized spacial score (nSPS) is 14.0. The maximum Gasteiger partial charge on any atom is 0.328 e. The summed E-state index contributed by atoms with van der Waals surface area (Å²) >= 11 is 1.22. The van der Waals surface area contributed by atoms with Crippen LogP contribution in [0, 0.1) is 0 Å². The first kappa shape index (κ1) is 21.7. The van der Waals surface area contributed by atoms with Crippen molar-refractivity contribution in [3.05, 3.63) is 68.8 Å². The Morgan fingerprint density at radius 3 is 2.65 bits per heavy atom. The third-order valence-electron chi connectivity index (χ3n) is 5.57. The van der Waals surface area contributed by atoms with Gasteiger partial charge in [-0.05, 0) is 61.9 Å². The number of aromatic amines is 1. The zero-order valence-electron chi connectivity index (χ0n) is 17.2. The van der Waals surface area contributed by atoms with Gasteiger partial charge in [0.05, 0.1) is 0 Å². The Bertz CT molecular complexity index is 1290. The van der Waals surface area contributed by atoms with Crippen LogP contribution in [0.2, 0.25) is 0 Å². The third kappa shape index (κ3) is 4.41. The molecule has 1 aliphatic rings. The topological polar surface area (TPSA) is 105 Å². The molecule has 1 aliphatic carbocycles. The first-order valence-corrected chi connectivity index (χ1v) is 12.4. The van der Waals surface area contributed by atoms with Crippen LogP contribution in [-0.4, -0.2) is 40.9 Å². The number of rotatable bonds is 7. The standard InChI is InChI=1S/C21H24N4O4S2/c1-24(31(28,29)19-8-7-18(30-19)15-9-11-22-12-10-15)13-4-14-25-17-6-3-2-5-16(17)20(26)23-21(25)27/h7-12H,2-6,13-14H2,1H3,(H,23,26,27). The van der Waals surface area contributed by atoms with Gasteiger partial charge in [-0.15, -0.1) is 11.3 Å². The van der Waals surface area contributed by atoms with E-state index in [-0.39, 0.29) is 16.3 Å². The second-order valence-corrected chi connectivity index (χ2v) is 10.9. The largest absolute Gasteiger partial charge is 0.328 e. The highest BCUT2D eigenvalue weighted by Gasteiger charge is 2.23. The molecule has 1 N–H and O–H groups in total. The van der Waals surface area contributed by atoms with Crippen molar-refractivity contribution in [3.8, 4) is 10.4 Å². The minimum atomic E-state index is -3.62. The first-order chi connectivity index (χ1) is 14.9. The van der Waals surface area contributed by atoms with Gasteiger partial charge in [0.15, 0.2) is 0 Å². The van der Waals surface area contributed by atoms with E-state index in [1.54, 1.807) is 36.1 Å². The fraction of sp³-hybridized carbons (Fsp3) is 0.381. The average molecular weight is 461 g/mol. The van der Waals surface area contributed by atoms with E-state index in [4.69, 9.17) is 0 Å². The molecule has 8 nitrogen and oxygen atoms in total. The summed E-state index contributed by atoms with van der Waals surface area (Å²) in [5.74, 6) is 0. The Morgan fingerprint density at radius 2 is 1.87 bits per heavy atom. The molecule has 4 rings (SSSR count). The number of aromatic nitrogens is 3. The number of fused-ring (bicyclic) bond motifs is 1. The number of hydrogen-bond acceptors (Lipinski definition) is 6. The summed E-state index contributed by atoms with van der Waals surface area (Å²) in [5, 5.41) is 0. The third-order valence-corrected chi connectivity index (χ3v) is 9.03. The van der Waals surface area contributed by atoms with Gasteiger partial charge in [-0.1, -0.05) is 0 Å². The molecule has 0 aliphatic heterocycles. The highest BCUT2D eigenvalue weighted by Crippen LogP contribution is 2.31. The summed E-state index contributed by atoms with van der Waals surface area (Å²) < 4.78 is 29.1. The lowest BCUT2D eigenvalue weighted by molar-refractivity contribution is 0.437. The molecule has 3 aromatic heterocycles. The number of nitrogens with one attached hydrogen (secondary N) is 1. The highest BCUT2D eigenvalue weighted by atomic mass is 32.2. The van der Waals surface area contributed by atoms with Crippen LogP contribution in [0.15, 0.2) is 50.5 Å². The average Bonchev–Trinajstić information content (AvgIpc) is 3.28. The molecule has 3 aromatic rings. The molecule has 0 aromatic carbocycles. The Kier molecular flexibility index (Phi) is 6.22. The van der Waals surface area contributed by atoms with E-state index in [1.807, 2.05) is 12.1 Å². The maximum atomic E-state index is 13.0. The number of thiophene rings is 1. The van der Waals surface area contributed by atoms with Gasteiger partial charge in [0.1, 0.15) is 4.21 Å². The fourth-order valence-corrected chi connectivity index (χ4v) is 6.62. The van der Waals surface area contributed by atoms with Crippen molar-refractivity contribution in [2.45, 2.75) is 42.9 Å². The Labute approximate surface area is 184 Å². The molecule has 0 saturated heterocycles. The van der Waals surface area contributed by atoms with Crippen molar-refractivity contribution in [2.24, 2.45) is 0 Å². The van der Waals surface area contributed by atoms with E-state index in [9.17, 15) is 18.0 Å². The molecule has 31 heavy (non-hydrogen) atoms. The van der Waals surface area contributed by atoms with E-state index < -0.39 is 15.7 Å². The predicted octanol–water partition coefficient (Wildman–Crippen LogP) is 2.25. The summed E-state index contributed by atoms with van der Waals surface area (Å²) in [6.45, 7) is 0.635. The minimum Gasteiger partial charge on any atom is -0.297 e. The van der Waals surface area contributed by atoms with Crippen LogP contribution in [-0.2, 0) is 29.4 Å². The Balaban J connectivity index is 1.46. The number of sulfonamides is 1. The molecule has 10 heteroatoms. The zero-order chi connectivity index (χ0) is 22.0. The quantitative estimate of drug-likeness (QED) is 0.582. The van der Waals surface area contributed by atoms with Crippen LogP contribution in [0.1, 0.15) is 30.5 Å². The minimum absolute atomic E-state index is 0.269. The van der Waals surface area contributed by atoms with Gasteiger partial charge in [-0.2, -0.15) is 0 Å². The molecular formula is C21H24N4O4S2. The maximum absolute atomic E-state index is 13.0. The molecule has 0 atom stereocenters. The van der Waals surface area contributed by atoms with Gasteiger partial charge in [-0.3, -0.25) is 19.3 Å². The Morgan fingerprint density at radius 1 is 1.13 bits per heavy atom. The van der Waals surface area contributed by atoms with Crippen LogP contribution >= 0.6 is 11.3 Å². The lowest BCUT2D eigenvalue weighted by Gasteiger charge is -2.21. The van der Waals surface area contributed by atoms with Crippen LogP contribution < -0.4 is 11.2 Å². The molecule has 0 fully saturated rings. The van der Waals surface area contributed by atoms with Gasteiger partial charge in [0.25, 0.3) is 15.6 Å². The summed E-state index contributed by atoms with van der Waals surface area (Å²) in [6, 6.07) is 7.10. The monoisotopic (exact) mass is 460 g/mol. The smallest absolute Gasteiger partial charge is 0.297 e. The molecule has 3 heterocycles. The van der Waals surface area contributed by atoms with Crippen LogP contribution in [0.3, 0.4) is 0 Å². The van der Waals surface area contributed by atoms with E-state index in [0.29, 0.717) is 31.4 Å². The second-order valence-electron chi connectivity index (χ2n) is 7.58. The lowest BCUT2D eigenvalue weighted by Crippen LogP contribution is -2.37. The van der Waals surface area contributed by atoms with E-state index >= 15 is 0 Å². The van der Waals surface area contributed by atoms with Gasteiger partial charge >= 0.3 is 5.69 Å². The number of nitrogens with zero attached hydrogens (tertiary/aromatic N) is 3. The van der Waals surface area contributed by atoms with Crippen LogP contribution in [0.25, 0.3) is 10.4 Å². The predicted molar refractivity (Wildman–Crippen MR) is 120 cm³/mol. The molecule has 0 bridgehead atoms. The zero-order valence-corrected chi connectivity index (χ0v) is 18.8. The van der Waals surface area contributed by atoms with Crippen molar-refractivity contribution in [1.82, 2.24) is 18.8 Å². The van der Waals surface area contributed by atoms with Crippen molar-refractivity contribution >= 4 is 21.4 Å². The van der Waals surface area contributed by atoms with Gasteiger partial charge in [0, 0.05) is 48.7 Å². The number of H-pyrrole nitrogens is 1. The van der Waals surface area contributed by atoms with Gasteiger partial charge < -0.3 is 0 Å². The molecule has 0 radical (unpaired) electrons. The summed E-state index contributed by atoms with van der Waals surface area (Å²) in [4.78, 5) is 31.6. The summed E-state index contributed by atoms with van der Waals surface area (Å²) in [6.07, 6.45) is 7.09. The second kappa shape index (κ2) is 8.89. The fourth-order valence-electron chi connectivity index (χ4n) is 3.89. The van der Waals surface area contributed by atoms with Gasteiger partial charge in [-0.25, -0.2) is 17.5 Å².